The molecule has 2 heterocycles. The highest BCUT2D eigenvalue weighted by molar-refractivity contribution is 5.83. The van der Waals surface area contributed by atoms with Crippen molar-refractivity contribution >= 4 is 5.65 Å². The van der Waals surface area contributed by atoms with Gasteiger partial charge >= 0.3 is 0 Å². The number of nitrogens with zero attached hydrogens (tertiary/aromatic N) is 2. The molecule has 0 bridgehead atoms. The first-order valence-electron chi connectivity index (χ1n) is 9.05. The molecule has 0 unspecified atom stereocenters. The van der Waals surface area contributed by atoms with E-state index in [1.807, 2.05) is 42.5 Å². The zero-order chi connectivity index (χ0) is 20.4. The van der Waals surface area contributed by atoms with Crippen molar-refractivity contribution in [3.63, 3.8) is 0 Å². The monoisotopic (exact) mass is 388 g/mol. The Labute approximate surface area is 167 Å². The molecule has 0 aliphatic carbocycles. The summed E-state index contributed by atoms with van der Waals surface area (Å²) in [7, 11) is 4.67. The maximum Gasteiger partial charge on any atom is 0.266 e. The highest BCUT2D eigenvalue weighted by atomic mass is 16.5. The molecule has 146 valence electrons. The molecule has 0 aliphatic heterocycles. The van der Waals surface area contributed by atoms with Crippen LogP contribution < -0.4 is 19.8 Å². The second-order valence-corrected chi connectivity index (χ2v) is 6.35. The summed E-state index contributed by atoms with van der Waals surface area (Å²) in [5, 5.41) is 0. The van der Waals surface area contributed by atoms with Gasteiger partial charge in [-0.05, 0) is 29.8 Å². The predicted molar refractivity (Wildman–Crippen MR) is 112 cm³/mol. The number of methoxy groups -OCH3 is 3. The van der Waals surface area contributed by atoms with Gasteiger partial charge in [-0.25, -0.2) is 4.98 Å². The van der Waals surface area contributed by atoms with Crippen LogP contribution in [0.5, 0.6) is 17.2 Å². The number of rotatable bonds is 5. The van der Waals surface area contributed by atoms with Gasteiger partial charge in [-0.15, -0.1) is 0 Å². The lowest BCUT2D eigenvalue weighted by atomic mass is 9.99. The third-order valence-electron chi connectivity index (χ3n) is 4.73. The van der Waals surface area contributed by atoms with Gasteiger partial charge in [-0.2, -0.15) is 0 Å². The lowest BCUT2D eigenvalue weighted by Gasteiger charge is -2.16. The Kier molecular flexibility index (Phi) is 4.91. The van der Waals surface area contributed by atoms with E-state index in [9.17, 15) is 4.79 Å². The fourth-order valence-electron chi connectivity index (χ4n) is 3.38. The highest BCUT2D eigenvalue weighted by Crippen LogP contribution is 2.42. The average molecular weight is 388 g/mol. The van der Waals surface area contributed by atoms with Crippen LogP contribution in [-0.2, 0) is 0 Å². The Hall–Kier alpha value is -3.80. The van der Waals surface area contributed by atoms with E-state index in [4.69, 9.17) is 19.2 Å². The number of ether oxygens (including phenoxy) is 3. The summed E-state index contributed by atoms with van der Waals surface area (Å²) in [6.45, 7) is 0. The smallest absolute Gasteiger partial charge is 0.266 e. The number of fused-ring (bicyclic) bond motifs is 1. The number of benzene rings is 2. The highest BCUT2D eigenvalue weighted by Gasteiger charge is 2.20. The average Bonchev–Trinajstić information content (AvgIpc) is 2.78. The van der Waals surface area contributed by atoms with Crippen LogP contribution in [0.25, 0.3) is 28.0 Å². The van der Waals surface area contributed by atoms with Gasteiger partial charge in [-0.1, -0.05) is 36.4 Å². The molecule has 2 aromatic heterocycles. The Morgan fingerprint density at radius 2 is 1.45 bits per heavy atom. The van der Waals surface area contributed by atoms with Gasteiger partial charge in [0.1, 0.15) is 5.65 Å². The third-order valence-corrected chi connectivity index (χ3v) is 4.73. The molecule has 0 amide bonds. The number of pyridine rings is 1. The molecule has 4 rings (SSSR count). The van der Waals surface area contributed by atoms with Crippen molar-refractivity contribution in [1.29, 1.82) is 0 Å². The van der Waals surface area contributed by atoms with Crippen molar-refractivity contribution in [3.05, 3.63) is 77.2 Å². The van der Waals surface area contributed by atoms with E-state index < -0.39 is 0 Å². The molecular weight excluding hydrogens is 368 g/mol. The summed E-state index contributed by atoms with van der Waals surface area (Å²) in [6, 6.07) is 18.6. The molecule has 6 nitrogen and oxygen atoms in total. The van der Waals surface area contributed by atoms with Crippen LogP contribution in [0, 0.1) is 0 Å². The van der Waals surface area contributed by atoms with E-state index >= 15 is 0 Å². The maximum atomic E-state index is 13.4. The van der Waals surface area contributed by atoms with Crippen LogP contribution in [-0.4, -0.2) is 30.7 Å². The second-order valence-electron chi connectivity index (χ2n) is 6.35. The van der Waals surface area contributed by atoms with Crippen molar-refractivity contribution in [2.75, 3.05) is 21.3 Å². The standard InChI is InChI=1S/C23H20N2O4/c1-27-17-13-16(14-18(28-2)22(17)29-3)21-20(15-9-5-4-6-10-15)23(26)25-12-8-7-11-19(25)24-21/h4-14H,1-3H3. The minimum Gasteiger partial charge on any atom is -0.493 e. The van der Waals surface area contributed by atoms with E-state index in [1.165, 1.54) is 0 Å². The summed E-state index contributed by atoms with van der Waals surface area (Å²) >= 11 is 0. The van der Waals surface area contributed by atoms with Crippen molar-refractivity contribution in [2.24, 2.45) is 0 Å². The third kappa shape index (κ3) is 3.18. The van der Waals surface area contributed by atoms with E-state index in [1.54, 1.807) is 50.1 Å². The van der Waals surface area contributed by atoms with Gasteiger partial charge in [0.25, 0.3) is 5.56 Å². The van der Waals surface area contributed by atoms with Crippen LogP contribution in [0.4, 0.5) is 0 Å². The van der Waals surface area contributed by atoms with Crippen LogP contribution in [0.2, 0.25) is 0 Å². The van der Waals surface area contributed by atoms with Crippen LogP contribution in [0.3, 0.4) is 0 Å². The first-order valence-corrected chi connectivity index (χ1v) is 9.05. The molecule has 2 aromatic carbocycles. The molecule has 0 saturated heterocycles. The van der Waals surface area contributed by atoms with Crippen molar-refractivity contribution in [3.8, 4) is 39.6 Å². The summed E-state index contributed by atoms with van der Waals surface area (Å²) in [5.74, 6) is 1.48. The molecule has 0 saturated carbocycles. The first-order chi connectivity index (χ1) is 14.2. The predicted octanol–water partition coefficient (Wildman–Crippen LogP) is 4.05. The quantitative estimate of drug-likeness (QED) is 0.516. The molecule has 0 spiro atoms. The minimum atomic E-state index is -0.148. The molecule has 0 fully saturated rings. The normalized spacial score (nSPS) is 10.7. The van der Waals surface area contributed by atoms with E-state index in [0.29, 0.717) is 39.7 Å². The fraction of sp³-hybridized carbons (Fsp3) is 0.130. The Balaban J connectivity index is 2.10. The fourth-order valence-corrected chi connectivity index (χ4v) is 3.38. The van der Waals surface area contributed by atoms with Gasteiger partial charge in [0, 0.05) is 11.8 Å². The maximum absolute atomic E-state index is 13.4. The molecule has 6 heteroatoms. The topological polar surface area (TPSA) is 62.1 Å². The van der Waals surface area contributed by atoms with Crippen molar-refractivity contribution in [1.82, 2.24) is 9.38 Å². The van der Waals surface area contributed by atoms with Gasteiger partial charge in [0.2, 0.25) is 5.75 Å². The lowest BCUT2D eigenvalue weighted by Crippen LogP contribution is -2.18. The molecular formula is C23H20N2O4. The van der Waals surface area contributed by atoms with E-state index in [-0.39, 0.29) is 5.56 Å². The van der Waals surface area contributed by atoms with Crippen LogP contribution >= 0.6 is 0 Å². The minimum absolute atomic E-state index is 0.148. The number of hydrogen-bond acceptors (Lipinski definition) is 5. The van der Waals surface area contributed by atoms with Gasteiger partial charge in [0.15, 0.2) is 11.5 Å². The molecule has 0 aliphatic rings. The second kappa shape index (κ2) is 7.67. The Morgan fingerprint density at radius 1 is 0.793 bits per heavy atom. The summed E-state index contributed by atoms with van der Waals surface area (Å²) in [4.78, 5) is 18.2. The first kappa shape index (κ1) is 18.6. The summed E-state index contributed by atoms with van der Waals surface area (Å²) in [5.41, 5.74) is 2.94. The molecule has 29 heavy (non-hydrogen) atoms. The van der Waals surface area contributed by atoms with E-state index in [0.717, 1.165) is 5.56 Å². The van der Waals surface area contributed by atoms with Crippen LogP contribution in [0.15, 0.2) is 71.7 Å². The summed E-state index contributed by atoms with van der Waals surface area (Å²) in [6.07, 6.45) is 1.72. The Morgan fingerprint density at radius 3 is 2.07 bits per heavy atom. The summed E-state index contributed by atoms with van der Waals surface area (Å²) < 4.78 is 17.9. The van der Waals surface area contributed by atoms with Crippen molar-refractivity contribution < 1.29 is 14.2 Å². The zero-order valence-electron chi connectivity index (χ0n) is 16.4. The molecule has 4 aromatic rings. The van der Waals surface area contributed by atoms with Crippen LogP contribution in [0.1, 0.15) is 0 Å². The molecule has 0 atom stereocenters. The van der Waals surface area contributed by atoms with Gasteiger partial charge < -0.3 is 14.2 Å². The SMILES string of the molecule is COc1cc(-c2nc3ccccn3c(=O)c2-c2ccccc2)cc(OC)c1OC. The number of aromatic nitrogens is 2. The van der Waals surface area contributed by atoms with Gasteiger partial charge in [0.05, 0.1) is 32.6 Å². The van der Waals surface area contributed by atoms with Gasteiger partial charge in [-0.3, -0.25) is 9.20 Å². The number of hydrogen-bond donors (Lipinski definition) is 0. The zero-order valence-corrected chi connectivity index (χ0v) is 16.4. The molecule has 0 N–H and O–H groups in total. The van der Waals surface area contributed by atoms with Crippen molar-refractivity contribution in [2.45, 2.75) is 0 Å². The Bertz CT molecular complexity index is 1210. The molecule has 0 radical (unpaired) electrons. The lowest BCUT2D eigenvalue weighted by molar-refractivity contribution is 0.324. The largest absolute Gasteiger partial charge is 0.493 e. The van der Waals surface area contributed by atoms with E-state index in [2.05, 4.69) is 0 Å².